The van der Waals surface area contributed by atoms with E-state index in [1.165, 1.54) is 16.7 Å². The standard InChI is InChI=1S/C14H9ClFNO2/c15-10-4-5-13-12(7-10)17(14(18)19-13)8-9-2-1-3-11(16)6-9/h1-7H,8H2. The summed E-state index contributed by atoms with van der Waals surface area (Å²) in [5, 5.41) is 0.515. The smallest absolute Gasteiger partial charge is 0.408 e. The minimum absolute atomic E-state index is 0.240. The highest BCUT2D eigenvalue weighted by Gasteiger charge is 2.10. The van der Waals surface area contributed by atoms with Crippen LogP contribution in [0.2, 0.25) is 5.02 Å². The van der Waals surface area contributed by atoms with E-state index >= 15 is 0 Å². The molecule has 0 fully saturated rings. The van der Waals surface area contributed by atoms with Crippen molar-refractivity contribution in [3.05, 3.63) is 69.4 Å². The van der Waals surface area contributed by atoms with E-state index in [9.17, 15) is 9.18 Å². The molecule has 1 aromatic heterocycles. The molecule has 0 aliphatic heterocycles. The number of fused-ring (bicyclic) bond motifs is 1. The SMILES string of the molecule is O=c1oc2ccc(Cl)cc2n1Cc1cccc(F)c1. The summed E-state index contributed by atoms with van der Waals surface area (Å²) in [6.45, 7) is 0.240. The Balaban J connectivity index is 2.12. The third-order valence-corrected chi connectivity index (χ3v) is 3.09. The van der Waals surface area contributed by atoms with Crippen molar-refractivity contribution in [2.45, 2.75) is 6.54 Å². The van der Waals surface area contributed by atoms with E-state index in [1.807, 2.05) is 0 Å². The molecule has 0 bridgehead atoms. The predicted molar refractivity (Wildman–Crippen MR) is 71.0 cm³/mol. The normalized spacial score (nSPS) is 11.1. The average Bonchev–Trinajstić information content (AvgIpc) is 2.66. The van der Waals surface area contributed by atoms with E-state index < -0.39 is 5.76 Å². The van der Waals surface area contributed by atoms with Crippen LogP contribution in [0, 0.1) is 5.82 Å². The maximum Gasteiger partial charge on any atom is 0.420 e. The van der Waals surface area contributed by atoms with Crippen LogP contribution in [0.15, 0.2) is 51.7 Å². The van der Waals surface area contributed by atoms with Gasteiger partial charge in [0.05, 0.1) is 12.1 Å². The van der Waals surface area contributed by atoms with Gasteiger partial charge in [-0.15, -0.1) is 0 Å². The monoisotopic (exact) mass is 277 g/mol. The Morgan fingerprint density at radius 1 is 1.21 bits per heavy atom. The average molecular weight is 278 g/mol. The van der Waals surface area contributed by atoms with Crippen LogP contribution in [0.3, 0.4) is 0 Å². The summed E-state index contributed by atoms with van der Waals surface area (Å²) in [4.78, 5) is 11.8. The fraction of sp³-hybridized carbons (Fsp3) is 0.0714. The van der Waals surface area contributed by atoms with Gasteiger partial charge in [-0.05, 0) is 35.9 Å². The summed E-state index contributed by atoms with van der Waals surface area (Å²) >= 11 is 5.91. The first-order chi connectivity index (χ1) is 9.13. The quantitative estimate of drug-likeness (QED) is 0.719. The lowest BCUT2D eigenvalue weighted by atomic mass is 10.2. The number of nitrogens with zero attached hydrogens (tertiary/aromatic N) is 1. The Bertz CT molecular complexity index is 807. The van der Waals surface area contributed by atoms with E-state index in [2.05, 4.69) is 0 Å². The van der Waals surface area contributed by atoms with Crippen molar-refractivity contribution in [3.8, 4) is 0 Å². The molecule has 0 atom stereocenters. The molecule has 0 radical (unpaired) electrons. The summed E-state index contributed by atoms with van der Waals surface area (Å²) in [5.74, 6) is -0.821. The molecule has 0 amide bonds. The minimum atomic E-state index is -0.485. The van der Waals surface area contributed by atoms with Crippen molar-refractivity contribution in [1.29, 1.82) is 0 Å². The van der Waals surface area contributed by atoms with Crippen LogP contribution in [-0.4, -0.2) is 4.57 Å². The lowest BCUT2D eigenvalue weighted by Gasteiger charge is -2.03. The van der Waals surface area contributed by atoms with Gasteiger partial charge in [-0.1, -0.05) is 23.7 Å². The Morgan fingerprint density at radius 2 is 2.05 bits per heavy atom. The van der Waals surface area contributed by atoms with E-state index in [0.29, 0.717) is 21.7 Å². The topological polar surface area (TPSA) is 35.1 Å². The molecule has 3 aromatic rings. The summed E-state index contributed by atoms with van der Waals surface area (Å²) < 4.78 is 19.7. The summed E-state index contributed by atoms with van der Waals surface area (Å²) in [5.41, 5.74) is 1.75. The molecule has 96 valence electrons. The Morgan fingerprint density at radius 3 is 2.84 bits per heavy atom. The van der Waals surface area contributed by atoms with Crippen molar-refractivity contribution >= 4 is 22.7 Å². The molecule has 3 rings (SSSR count). The van der Waals surface area contributed by atoms with Gasteiger partial charge in [-0.2, -0.15) is 0 Å². The zero-order valence-electron chi connectivity index (χ0n) is 9.77. The van der Waals surface area contributed by atoms with Gasteiger partial charge in [0.1, 0.15) is 5.82 Å². The molecule has 0 aliphatic carbocycles. The molecule has 0 unspecified atom stereocenters. The maximum atomic E-state index is 13.1. The van der Waals surface area contributed by atoms with Gasteiger partial charge in [0.15, 0.2) is 5.58 Å². The Labute approximate surface area is 112 Å². The zero-order chi connectivity index (χ0) is 13.4. The highest BCUT2D eigenvalue weighted by atomic mass is 35.5. The fourth-order valence-corrected chi connectivity index (χ4v) is 2.17. The van der Waals surface area contributed by atoms with Gasteiger partial charge in [0.2, 0.25) is 0 Å². The molecule has 0 N–H and O–H groups in total. The first kappa shape index (κ1) is 12.0. The van der Waals surface area contributed by atoms with Crippen molar-refractivity contribution in [1.82, 2.24) is 4.57 Å². The summed E-state index contributed by atoms with van der Waals surface area (Å²) in [7, 11) is 0. The third kappa shape index (κ3) is 2.27. The van der Waals surface area contributed by atoms with E-state index in [1.54, 1.807) is 30.3 Å². The molecule has 19 heavy (non-hydrogen) atoms. The second-order valence-corrected chi connectivity index (χ2v) is 4.63. The van der Waals surface area contributed by atoms with Crippen LogP contribution < -0.4 is 5.76 Å². The fourth-order valence-electron chi connectivity index (χ4n) is 2.00. The molecule has 5 heteroatoms. The van der Waals surface area contributed by atoms with Crippen molar-refractivity contribution in [2.75, 3.05) is 0 Å². The van der Waals surface area contributed by atoms with Crippen LogP contribution in [0.5, 0.6) is 0 Å². The number of rotatable bonds is 2. The van der Waals surface area contributed by atoms with Crippen LogP contribution in [0.1, 0.15) is 5.56 Å². The van der Waals surface area contributed by atoms with Gasteiger partial charge < -0.3 is 4.42 Å². The molecule has 2 aromatic carbocycles. The molecule has 1 heterocycles. The third-order valence-electron chi connectivity index (χ3n) is 2.86. The largest absolute Gasteiger partial charge is 0.420 e. The van der Waals surface area contributed by atoms with Crippen LogP contribution in [0.25, 0.3) is 11.1 Å². The highest BCUT2D eigenvalue weighted by molar-refractivity contribution is 6.31. The molecule has 3 nitrogen and oxygen atoms in total. The first-order valence-electron chi connectivity index (χ1n) is 5.67. The maximum absolute atomic E-state index is 13.1. The summed E-state index contributed by atoms with van der Waals surface area (Å²) in [6, 6.07) is 11.0. The van der Waals surface area contributed by atoms with Gasteiger partial charge >= 0.3 is 5.76 Å². The van der Waals surface area contributed by atoms with Gasteiger partial charge in [-0.25, -0.2) is 9.18 Å². The van der Waals surface area contributed by atoms with Gasteiger partial charge in [0.25, 0.3) is 0 Å². The van der Waals surface area contributed by atoms with Crippen LogP contribution in [0.4, 0.5) is 4.39 Å². The second kappa shape index (κ2) is 4.55. The van der Waals surface area contributed by atoms with Crippen molar-refractivity contribution in [3.63, 3.8) is 0 Å². The Kier molecular flexibility index (Phi) is 2.87. The number of hydrogen-bond donors (Lipinski definition) is 0. The number of aromatic nitrogens is 1. The van der Waals surface area contributed by atoms with Crippen LogP contribution >= 0.6 is 11.6 Å². The van der Waals surface area contributed by atoms with Crippen molar-refractivity contribution < 1.29 is 8.81 Å². The lowest BCUT2D eigenvalue weighted by Crippen LogP contribution is -2.14. The summed E-state index contributed by atoms with van der Waals surface area (Å²) in [6.07, 6.45) is 0. The Hall–Kier alpha value is -2.07. The van der Waals surface area contributed by atoms with Crippen molar-refractivity contribution in [2.24, 2.45) is 0 Å². The molecule has 0 aliphatic rings. The number of benzene rings is 2. The minimum Gasteiger partial charge on any atom is -0.408 e. The first-order valence-corrected chi connectivity index (χ1v) is 6.04. The molecule has 0 spiro atoms. The van der Waals surface area contributed by atoms with Gasteiger partial charge in [-0.3, -0.25) is 4.57 Å². The number of hydrogen-bond acceptors (Lipinski definition) is 2. The number of oxazole rings is 1. The van der Waals surface area contributed by atoms with Gasteiger partial charge in [0, 0.05) is 5.02 Å². The molecular weight excluding hydrogens is 269 g/mol. The highest BCUT2D eigenvalue weighted by Crippen LogP contribution is 2.19. The number of halogens is 2. The molecule has 0 saturated heterocycles. The predicted octanol–water partition coefficient (Wildman–Crippen LogP) is 3.44. The van der Waals surface area contributed by atoms with E-state index in [4.69, 9.17) is 16.0 Å². The zero-order valence-corrected chi connectivity index (χ0v) is 10.5. The van der Waals surface area contributed by atoms with E-state index in [0.717, 1.165) is 0 Å². The second-order valence-electron chi connectivity index (χ2n) is 4.20. The van der Waals surface area contributed by atoms with Crippen LogP contribution in [-0.2, 0) is 6.54 Å². The van der Waals surface area contributed by atoms with E-state index in [-0.39, 0.29) is 12.4 Å². The lowest BCUT2D eigenvalue weighted by molar-refractivity contribution is 0.517. The molecular formula is C14H9ClFNO2. The molecule has 0 saturated carbocycles.